The second kappa shape index (κ2) is 7.54. The van der Waals surface area contributed by atoms with Gasteiger partial charge in [-0.1, -0.05) is 30.3 Å². The van der Waals surface area contributed by atoms with Crippen LogP contribution in [0.4, 0.5) is 0 Å². The summed E-state index contributed by atoms with van der Waals surface area (Å²) in [5, 5.41) is 11.0. The summed E-state index contributed by atoms with van der Waals surface area (Å²) in [7, 11) is 0. The van der Waals surface area contributed by atoms with Gasteiger partial charge in [-0.15, -0.1) is 5.10 Å². The van der Waals surface area contributed by atoms with Gasteiger partial charge in [0.05, 0.1) is 12.2 Å². The lowest BCUT2D eigenvalue weighted by molar-refractivity contribution is 0.0671. The van der Waals surface area contributed by atoms with Crippen LogP contribution in [0.3, 0.4) is 0 Å². The van der Waals surface area contributed by atoms with E-state index in [-0.39, 0.29) is 25.4 Å². The molecule has 1 amide bonds. The molecule has 132 valence electrons. The standard InChI is InChI=1S/C19H22N4O.H2S/c1-13(14-5-3-2-4-6-14)23-11-17(12-23)21-19(24)18-9-16(10-20-22-18)15-7-8-15;/h2-6,9-10,13,15,17H,7-8,11-12H2,1H3,(H,21,24);1H2/t13-;/m0./s1. The highest BCUT2D eigenvalue weighted by atomic mass is 32.1. The normalized spacial score (nSPS) is 18.8. The van der Waals surface area contributed by atoms with E-state index in [0.29, 0.717) is 17.7 Å². The molecule has 25 heavy (non-hydrogen) atoms. The van der Waals surface area contributed by atoms with Crippen molar-refractivity contribution in [3.05, 3.63) is 59.4 Å². The van der Waals surface area contributed by atoms with Gasteiger partial charge in [-0.3, -0.25) is 9.69 Å². The molecule has 2 heterocycles. The number of likely N-dealkylation sites (tertiary alicyclic amines) is 1. The van der Waals surface area contributed by atoms with E-state index in [4.69, 9.17) is 0 Å². The van der Waals surface area contributed by atoms with Crippen molar-refractivity contribution in [2.24, 2.45) is 0 Å². The Morgan fingerprint density at radius 1 is 1.24 bits per heavy atom. The van der Waals surface area contributed by atoms with Gasteiger partial charge in [0, 0.05) is 19.1 Å². The van der Waals surface area contributed by atoms with E-state index in [1.807, 2.05) is 12.1 Å². The van der Waals surface area contributed by atoms with Crippen LogP contribution in [0.25, 0.3) is 0 Å². The Hall–Kier alpha value is -1.92. The summed E-state index contributed by atoms with van der Waals surface area (Å²) < 4.78 is 0. The maximum Gasteiger partial charge on any atom is 0.272 e. The average Bonchev–Trinajstić information content (AvgIpc) is 3.43. The van der Waals surface area contributed by atoms with Crippen molar-refractivity contribution in [1.82, 2.24) is 20.4 Å². The SMILES string of the molecule is C[C@@H](c1ccccc1)N1CC(NC(=O)c2cc(C3CC3)cnn2)C1.S. The van der Waals surface area contributed by atoms with Crippen LogP contribution in [0.15, 0.2) is 42.6 Å². The van der Waals surface area contributed by atoms with Crippen molar-refractivity contribution in [2.75, 3.05) is 13.1 Å². The number of rotatable bonds is 5. The van der Waals surface area contributed by atoms with Gasteiger partial charge in [0.1, 0.15) is 0 Å². The highest BCUT2D eigenvalue weighted by molar-refractivity contribution is 7.59. The highest BCUT2D eigenvalue weighted by Gasteiger charge is 2.32. The quantitative estimate of drug-likeness (QED) is 0.895. The summed E-state index contributed by atoms with van der Waals surface area (Å²) in [6, 6.07) is 12.9. The number of benzene rings is 1. The average molecular weight is 356 g/mol. The summed E-state index contributed by atoms with van der Waals surface area (Å²) >= 11 is 0. The van der Waals surface area contributed by atoms with Crippen LogP contribution in [0.5, 0.6) is 0 Å². The Bertz CT molecular complexity index is 729. The van der Waals surface area contributed by atoms with Crippen LogP contribution >= 0.6 is 13.5 Å². The van der Waals surface area contributed by atoms with Gasteiger partial charge in [0.2, 0.25) is 0 Å². The molecule has 0 unspecified atom stereocenters. The van der Waals surface area contributed by atoms with Crippen LogP contribution in [0.2, 0.25) is 0 Å². The Balaban J connectivity index is 0.00000182. The lowest BCUT2D eigenvalue weighted by Gasteiger charge is -2.43. The van der Waals surface area contributed by atoms with Gasteiger partial charge in [-0.25, -0.2) is 0 Å². The molecule has 0 radical (unpaired) electrons. The van der Waals surface area contributed by atoms with Crippen LogP contribution in [0.1, 0.15) is 53.3 Å². The van der Waals surface area contributed by atoms with Crippen molar-refractivity contribution in [3.63, 3.8) is 0 Å². The molecule has 1 aromatic carbocycles. The first kappa shape index (κ1) is 17.9. The van der Waals surface area contributed by atoms with Gasteiger partial charge in [0.15, 0.2) is 5.69 Å². The third kappa shape index (κ3) is 4.02. The number of hydrogen-bond acceptors (Lipinski definition) is 4. The fourth-order valence-electron chi connectivity index (χ4n) is 3.25. The zero-order valence-corrected chi connectivity index (χ0v) is 15.4. The van der Waals surface area contributed by atoms with Crippen molar-refractivity contribution in [3.8, 4) is 0 Å². The first-order valence-electron chi connectivity index (χ1n) is 8.63. The first-order chi connectivity index (χ1) is 11.7. The number of hydrogen-bond donors (Lipinski definition) is 1. The van der Waals surface area contributed by atoms with Crippen molar-refractivity contribution >= 4 is 19.4 Å². The number of nitrogens with one attached hydrogen (secondary N) is 1. The summed E-state index contributed by atoms with van der Waals surface area (Å²) in [6.07, 6.45) is 4.17. The molecule has 2 aliphatic rings. The maximum atomic E-state index is 12.4. The predicted molar refractivity (Wildman–Crippen MR) is 102 cm³/mol. The van der Waals surface area contributed by atoms with E-state index in [2.05, 4.69) is 51.6 Å². The fraction of sp³-hybridized carbons (Fsp3) is 0.421. The van der Waals surface area contributed by atoms with Crippen molar-refractivity contribution in [1.29, 1.82) is 0 Å². The molecule has 1 atom stereocenters. The van der Waals surface area contributed by atoms with Gasteiger partial charge in [-0.05, 0) is 42.9 Å². The van der Waals surface area contributed by atoms with Crippen molar-refractivity contribution < 1.29 is 4.79 Å². The number of amides is 1. The minimum absolute atomic E-state index is 0. The Morgan fingerprint density at radius 3 is 2.64 bits per heavy atom. The van der Waals surface area contributed by atoms with E-state index in [1.54, 1.807) is 6.20 Å². The molecule has 1 aliphatic heterocycles. The molecule has 6 heteroatoms. The molecule has 0 spiro atoms. The number of carbonyl (C=O) groups is 1. The third-order valence-electron chi connectivity index (χ3n) is 5.03. The molecule has 5 nitrogen and oxygen atoms in total. The molecule has 1 saturated heterocycles. The van der Waals surface area contributed by atoms with Gasteiger partial charge in [-0.2, -0.15) is 18.6 Å². The molecule has 1 aromatic heterocycles. The van der Waals surface area contributed by atoms with Gasteiger partial charge in [0.25, 0.3) is 5.91 Å². The molecule has 1 N–H and O–H groups in total. The van der Waals surface area contributed by atoms with Gasteiger partial charge >= 0.3 is 0 Å². The van der Waals surface area contributed by atoms with Gasteiger partial charge < -0.3 is 5.32 Å². The summed E-state index contributed by atoms with van der Waals surface area (Å²) in [6.45, 7) is 3.95. The molecule has 1 saturated carbocycles. The molecule has 4 rings (SSSR count). The minimum Gasteiger partial charge on any atom is -0.345 e. The summed E-state index contributed by atoms with van der Waals surface area (Å²) in [5.74, 6) is 0.472. The third-order valence-corrected chi connectivity index (χ3v) is 5.03. The molecule has 2 aromatic rings. The molecule has 1 aliphatic carbocycles. The van der Waals surface area contributed by atoms with Crippen LogP contribution in [-0.2, 0) is 0 Å². The summed E-state index contributed by atoms with van der Waals surface area (Å²) in [5.41, 5.74) is 2.89. The number of nitrogens with zero attached hydrogens (tertiary/aromatic N) is 3. The first-order valence-corrected chi connectivity index (χ1v) is 8.63. The lowest BCUT2D eigenvalue weighted by atomic mass is 10.0. The van der Waals surface area contributed by atoms with Crippen LogP contribution in [0, 0.1) is 0 Å². The van der Waals surface area contributed by atoms with E-state index >= 15 is 0 Å². The molecular formula is C19H24N4OS. The fourth-order valence-corrected chi connectivity index (χ4v) is 3.25. The zero-order chi connectivity index (χ0) is 16.5. The lowest BCUT2D eigenvalue weighted by Crippen LogP contribution is -2.59. The monoisotopic (exact) mass is 356 g/mol. The number of carbonyl (C=O) groups excluding carboxylic acids is 1. The highest BCUT2D eigenvalue weighted by Crippen LogP contribution is 2.39. The second-order valence-corrected chi connectivity index (χ2v) is 6.86. The molecule has 2 fully saturated rings. The predicted octanol–water partition coefficient (Wildman–Crippen LogP) is 2.64. The largest absolute Gasteiger partial charge is 0.345 e. The van der Waals surface area contributed by atoms with Crippen LogP contribution < -0.4 is 5.32 Å². The maximum absolute atomic E-state index is 12.4. The van der Waals surface area contributed by atoms with E-state index in [1.165, 1.54) is 18.4 Å². The Kier molecular flexibility index (Phi) is 5.39. The number of aromatic nitrogens is 2. The summed E-state index contributed by atoms with van der Waals surface area (Å²) in [4.78, 5) is 14.7. The smallest absolute Gasteiger partial charge is 0.272 e. The van der Waals surface area contributed by atoms with E-state index < -0.39 is 0 Å². The van der Waals surface area contributed by atoms with Crippen molar-refractivity contribution in [2.45, 2.75) is 37.8 Å². The topological polar surface area (TPSA) is 58.1 Å². The second-order valence-electron chi connectivity index (χ2n) is 6.86. The molecular weight excluding hydrogens is 332 g/mol. The molecule has 0 bridgehead atoms. The van der Waals surface area contributed by atoms with Crippen LogP contribution in [-0.4, -0.2) is 40.1 Å². The Labute approximate surface area is 155 Å². The van der Waals surface area contributed by atoms with E-state index in [9.17, 15) is 4.79 Å². The Morgan fingerprint density at radius 2 is 1.96 bits per heavy atom. The zero-order valence-electron chi connectivity index (χ0n) is 14.4. The van der Waals surface area contributed by atoms with E-state index in [0.717, 1.165) is 18.7 Å². The minimum atomic E-state index is -0.109.